The van der Waals surface area contributed by atoms with Crippen LogP contribution in [0.3, 0.4) is 0 Å². The molecule has 0 aliphatic carbocycles. The Kier molecular flexibility index (Phi) is 3.81. The Balaban J connectivity index is 0.000000162. The molecule has 58 valence electrons. The van der Waals surface area contributed by atoms with E-state index >= 15 is 0 Å². The molecule has 0 spiro atoms. The van der Waals surface area contributed by atoms with Crippen molar-refractivity contribution in [2.45, 2.75) is 0 Å². The highest BCUT2D eigenvalue weighted by atomic mass is 32.3. The largest absolute Gasteiger partial charge is 0.726 e. The van der Waals surface area contributed by atoms with Crippen molar-refractivity contribution in [2.24, 2.45) is 4.99 Å². The minimum absolute atomic E-state index is 1.75. The highest BCUT2D eigenvalue weighted by Crippen LogP contribution is 1.63. The number of quaternary nitrogens is 1. The fraction of sp³-hybridized carbons (Fsp3) is 0. The fourth-order valence-corrected chi connectivity index (χ4v) is 0.248. The van der Waals surface area contributed by atoms with Crippen LogP contribution in [0.2, 0.25) is 0 Å². The van der Waals surface area contributed by atoms with Gasteiger partial charge in [0.05, 0.1) is 6.20 Å². The monoisotopic (exact) mass is 166 g/mol. The van der Waals surface area contributed by atoms with Gasteiger partial charge in [-0.05, 0) is 0 Å². The van der Waals surface area contributed by atoms with Crippen molar-refractivity contribution in [1.82, 2.24) is 0 Å². The molecule has 1 aliphatic rings. The van der Waals surface area contributed by atoms with E-state index < -0.39 is 10.4 Å². The van der Waals surface area contributed by atoms with Crippen molar-refractivity contribution in [3.05, 3.63) is 12.4 Å². The number of nitrogens with zero attached hydrogens (tertiary/aromatic N) is 1. The summed E-state index contributed by atoms with van der Waals surface area (Å²) in [6.07, 6.45) is 5.39. The van der Waals surface area contributed by atoms with Gasteiger partial charge >= 0.3 is 0 Å². The predicted molar refractivity (Wildman–Crippen MR) is 31.9 cm³/mol. The van der Waals surface area contributed by atoms with Gasteiger partial charge in [0.2, 0.25) is 10.4 Å². The maximum absolute atomic E-state index is 8.63. The number of aliphatic imine (C=N–C) groups is 1. The van der Waals surface area contributed by atoms with Crippen LogP contribution in [0, 0.1) is 0 Å². The topological polar surface area (TPSA) is 106 Å². The molecule has 1 heterocycles. The second kappa shape index (κ2) is 4.12. The average molecular weight is 166 g/mol. The lowest BCUT2D eigenvalue weighted by Crippen LogP contribution is -2.74. The molecule has 10 heavy (non-hydrogen) atoms. The van der Waals surface area contributed by atoms with Crippen LogP contribution < -0.4 is 5.32 Å². The Morgan fingerprint density at radius 3 is 2.20 bits per heavy atom. The van der Waals surface area contributed by atoms with Crippen LogP contribution in [0.25, 0.3) is 0 Å². The molecule has 0 atom stereocenters. The second-order valence-electron chi connectivity index (χ2n) is 1.26. The molecule has 0 aromatic carbocycles. The van der Waals surface area contributed by atoms with Crippen molar-refractivity contribution < 1.29 is 22.8 Å². The number of rotatable bonds is 0. The van der Waals surface area contributed by atoms with Crippen molar-refractivity contribution in [3.8, 4) is 0 Å². The molecule has 0 fully saturated rings. The van der Waals surface area contributed by atoms with E-state index in [2.05, 4.69) is 4.99 Å². The summed E-state index contributed by atoms with van der Waals surface area (Å²) in [6, 6.07) is 0. The van der Waals surface area contributed by atoms with E-state index in [1.165, 1.54) is 0 Å². The summed E-state index contributed by atoms with van der Waals surface area (Å²) < 4.78 is 32.8. The van der Waals surface area contributed by atoms with E-state index in [-0.39, 0.29) is 0 Å². The molecule has 0 radical (unpaired) electrons. The molecule has 3 N–H and O–H groups in total. The SMILES string of the molecule is C1=C[NH2+]C=N1.O=S(=O)([O-])O. The zero-order valence-corrected chi connectivity index (χ0v) is 5.65. The van der Waals surface area contributed by atoms with Gasteiger partial charge in [0.1, 0.15) is 6.20 Å². The molecule has 0 saturated heterocycles. The quantitative estimate of drug-likeness (QED) is 0.322. The first-order valence-corrected chi connectivity index (χ1v) is 3.56. The predicted octanol–water partition coefficient (Wildman–Crippen LogP) is -1.93. The second-order valence-corrected chi connectivity index (χ2v) is 2.12. The van der Waals surface area contributed by atoms with Gasteiger partial charge in [-0.3, -0.25) is 9.87 Å². The van der Waals surface area contributed by atoms with E-state index in [0.717, 1.165) is 0 Å². The fourth-order valence-electron chi connectivity index (χ4n) is 0.248. The van der Waals surface area contributed by atoms with Crippen molar-refractivity contribution in [1.29, 1.82) is 0 Å². The maximum atomic E-state index is 8.63. The van der Waals surface area contributed by atoms with Crippen LogP contribution in [0.15, 0.2) is 17.4 Å². The summed E-state index contributed by atoms with van der Waals surface area (Å²) in [5.74, 6) is 0. The molecule has 0 amide bonds. The lowest BCUT2D eigenvalue weighted by Gasteiger charge is -1.88. The van der Waals surface area contributed by atoms with E-state index in [4.69, 9.17) is 17.5 Å². The lowest BCUT2D eigenvalue weighted by atomic mass is 11.0. The Morgan fingerprint density at radius 1 is 1.60 bits per heavy atom. The van der Waals surface area contributed by atoms with Gasteiger partial charge in [0.15, 0.2) is 6.34 Å². The standard InChI is InChI=1S/C3H4N2.H2O4S/c1-2-5-3-4-1;1-5(2,3)4/h1-3H,(H,4,5);(H2,1,2,3,4). The summed E-state index contributed by atoms with van der Waals surface area (Å²) in [7, 11) is -4.92. The van der Waals surface area contributed by atoms with Crippen LogP contribution in [0.5, 0.6) is 0 Å². The summed E-state index contributed by atoms with van der Waals surface area (Å²) in [5, 5.41) is 1.89. The molecule has 1 aliphatic heterocycles. The summed E-state index contributed by atoms with van der Waals surface area (Å²) in [6.45, 7) is 0. The molecule has 0 aromatic rings. The first-order valence-electron chi connectivity index (χ1n) is 2.20. The third-order valence-electron chi connectivity index (χ3n) is 0.455. The smallest absolute Gasteiger partial charge is 0.215 e. The summed E-state index contributed by atoms with van der Waals surface area (Å²) in [5.41, 5.74) is 0. The molecule has 0 saturated carbocycles. The third-order valence-corrected chi connectivity index (χ3v) is 0.455. The van der Waals surface area contributed by atoms with Gasteiger partial charge in [0.25, 0.3) is 0 Å². The maximum Gasteiger partial charge on any atom is 0.215 e. The van der Waals surface area contributed by atoms with Gasteiger partial charge in [0, 0.05) is 0 Å². The van der Waals surface area contributed by atoms with E-state index in [0.29, 0.717) is 0 Å². The Bertz CT molecular complexity index is 211. The molecular weight excluding hydrogens is 160 g/mol. The van der Waals surface area contributed by atoms with Gasteiger partial charge in [-0.25, -0.2) is 13.4 Å². The Morgan fingerprint density at radius 2 is 2.10 bits per heavy atom. The van der Waals surface area contributed by atoms with Crippen molar-refractivity contribution >= 4 is 16.7 Å². The molecule has 6 nitrogen and oxygen atoms in total. The van der Waals surface area contributed by atoms with E-state index in [9.17, 15) is 0 Å². The highest BCUT2D eigenvalue weighted by Gasteiger charge is 1.76. The molecule has 0 aromatic heterocycles. The Hall–Kier alpha value is -0.760. The minimum atomic E-state index is -4.92. The van der Waals surface area contributed by atoms with Crippen LogP contribution in [-0.4, -0.2) is 23.9 Å². The average Bonchev–Trinajstić information content (AvgIpc) is 2.07. The van der Waals surface area contributed by atoms with Gasteiger partial charge < -0.3 is 4.55 Å². The summed E-state index contributed by atoms with van der Waals surface area (Å²) >= 11 is 0. The van der Waals surface area contributed by atoms with Crippen molar-refractivity contribution in [2.75, 3.05) is 0 Å². The Labute approximate surface area is 57.9 Å². The first kappa shape index (κ1) is 9.24. The molecule has 0 unspecified atom stereocenters. The van der Waals surface area contributed by atoms with Gasteiger partial charge in [-0.15, -0.1) is 0 Å². The lowest BCUT2D eigenvalue weighted by molar-refractivity contribution is -0.447. The zero-order chi connectivity index (χ0) is 8.04. The van der Waals surface area contributed by atoms with Gasteiger partial charge in [-0.2, -0.15) is 0 Å². The minimum Gasteiger partial charge on any atom is -0.726 e. The van der Waals surface area contributed by atoms with Crippen LogP contribution in [0.4, 0.5) is 0 Å². The summed E-state index contributed by atoms with van der Waals surface area (Å²) in [4.78, 5) is 3.72. The third kappa shape index (κ3) is 15.7. The number of nitrogens with two attached hydrogens (primary N) is 1. The molecule has 0 bridgehead atoms. The van der Waals surface area contributed by atoms with Crippen LogP contribution in [0.1, 0.15) is 0 Å². The zero-order valence-electron chi connectivity index (χ0n) is 4.84. The van der Waals surface area contributed by atoms with Gasteiger partial charge in [-0.1, -0.05) is 0 Å². The first-order chi connectivity index (χ1) is 4.50. The number of hydrogen-bond acceptors (Lipinski definition) is 4. The highest BCUT2D eigenvalue weighted by molar-refractivity contribution is 7.79. The normalized spacial score (nSPS) is 14.6. The van der Waals surface area contributed by atoms with Crippen LogP contribution >= 0.6 is 0 Å². The molecule has 1 rings (SSSR count). The van der Waals surface area contributed by atoms with E-state index in [1.807, 2.05) is 11.5 Å². The van der Waals surface area contributed by atoms with Crippen LogP contribution in [-0.2, 0) is 10.4 Å². The van der Waals surface area contributed by atoms with E-state index in [1.54, 1.807) is 12.5 Å². The van der Waals surface area contributed by atoms with Crippen molar-refractivity contribution in [3.63, 3.8) is 0 Å². The molecular formula is C3H6N2O4S. The number of hydrogen-bond donors (Lipinski definition) is 2. The molecule has 7 heteroatoms.